The van der Waals surface area contributed by atoms with Gasteiger partial charge >= 0.3 is 5.97 Å². The van der Waals surface area contributed by atoms with Gasteiger partial charge in [0.25, 0.3) is 0 Å². The number of rotatable bonds is 6. The van der Waals surface area contributed by atoms with Gasteiger partial charge in [-0.15, -0.1) is 0 Å². The zero-order valence-electron chi connectivity index (χ0n) is 13.0. The number of hydrogen-bond acceptors (Lipinski definition) is 5. The second-order valence-electron chi connectivity index (χ2n) is 5.61. The minimum atomic E-state index is -0.215. The van der Waals surface area contributed by atoms with E-state index in [1.54, 1.807) is 0 Å². The second kappa shape index (κ2) is 7.82. The molecule has 5 nitrogen and oxygen atoms in total. The zero-order valence-corrected chi connectivity index (χ0v) is 13.0. The Bertz CT molecular complexity index is 274. The topological polar surface area (TPSA) is 44.8 Å². The second-order valence-corrected chi connectivity index (χ2v) is 5.61. The number of ether oxygens (including phenoxy) is 1. The van der Waals surface area contributed by atoms with Crippen molar-refractivity contribution in [3.63, 3.8) is 0 Å². The average Bonchev–Trinajstić information content (AvgIpc) is 2.39. The number of piperazine rings is 1. The number of carbonyl (C=O) groups is 1. The highest BCUT2D eigenvalue weighted by Crippen LogP contribution is 2.13. The summed E-state index contributed by atoms with van der Waals surface area (Å²) in [5.74, 6) is -0.160. The van der Waals surface area contributed by atoms with Gasteiger partial charge in [0.05, 0.1) is 7.11 Å². The summed E-state index contributed by atoms with van der Waals surface area (Å²) in [7, 11) is 3.62. The van der Waals surface area contributed by atoms with Crippen molar-refractivity contribution >= 4 is 5.97 Å². The minimum Gasteiger partial charge on any atom is -0.468 e. The predicted molar refractivity (Wildman–Crippen MR) is 77.2 cm³/mol. The molecule has 0 spiro atoms. The van der Waals surface area contributed by atoms with E-state index in [2.05, 4.69) is 42.9 Å². The molecule has 1 aliphatic rings. The fourth-order valence-corrected chi connectivity index (χ4v) is 2.60. The molecule has 0 saturated carbocycles. The lowest BCUT2D eigenvalue weighted by Gasteiger charge is -2.43. The van der Waals surface area contributed by atoms with Gasteiger partial charge in [0, 0.05) is 31.7 Å². The summed E-state index contributed by atoms with van der Waals surface area (Å²) in [6, 6.07) is 0.828. The molecule has 1 rings (SSSR count). The molecule has 0 aromatic heterocycles. The smallest absolute Gasteiger partial charge is 0.324 e. The van der Waals surface area contributed by atoms with Gasteiger partial charge < -0.3 is 10.1 Å². The molecule has 0 radical (unpaired) electrons. The van der Waals surface area contributed by atoms with Crippen molar-refractivity contribution in [2.75, 3.05) is 40.3 Å². The van der Waals surface area contributed by atoms with Crippen molar-refractivity contribution in [3.8, 4) is 0 Å². The molecule has 0 aromatic carbocycles. The van der Waals surface area contributed by atoms with Crippen LogP contribution in [-0.2, 0) is 9.53 Å². The summed E-state index contributed by atoms with van der Waals surface area (Å²) >= 11 is 0. The molecule has 1 aliphatic heterocycles. The first-order valence-corrected chi connectivity index (χ1v) is 7.25. The predicted octanol–water partition coefficient (Wildman–Crippen LogP) is 0.552. The Morgan fingerprint density at radius 3 is 2.42 bits per heavy atom. The van der Waals surface area contributed by atoms with Crippen LogP contribution in [0.25, 0.3) is 0 Å². The van der Waals surface area contributed by atoms with E-state index in [9.17, 15) is 4.79 Å². The SMILES string of the molecule is CCCNC(CN1CC(C)N(C)C(C)C1)C(=O)OC. The molecule has 0 bridgehead atoms. The quantitative estimate of drug-likeness (QED) is 0.715. The van der Waals surface area contributed by atoms with E-state index in [4.69, 9.17) is 4.74 Å². The Labute approximate surface area is 117 Å². The number of likely N-dealkylation sites (N-methyl/N-ethyl adjacent to an activating group) is 1. The van der Waals surface area contributed by atoms with Crippen LogP contribution in [-0.4, -0.2) is 74.2 Å². The van der Waals surface area contributed by atoms with Gasteiger partial charge in [0.2, 0.25) is 0 Å². The molecule has 0 amide bonds. The third kappa shape index (κ3) is 4.75. The van der Waals surface area contributed by atoms with Gasteiger partial charge in [-0.2, -0.15) is 0 Å². The third-order valence-electron chi connectivity index (χ3n) is 4.00. The Kier molecular flexibility index (Phi) is 6.75. The average molecular weight is 271 g/mol. The summed E-state index contributed by atoms with van der Waals surface area (Å²) in [6.07, 6.45) is 1.02. The third-order valence-corrected chi connectivity index (χ3v) is 4.00. The van der Waals surface area contributed by atoms with Gasteiger partial charge in [-0.25, -0.2) is 0 Å². The van der Waals surface area contributed by atoms with Crippen LogP contribution >= 0.6 is 0 Å². The molecular weight excluding hydrogens is 242 g/mol. The van der Waals surface area contributed by atoms with Crippen LogP contribution in [0.2, 0.25) is 0 Å². The van der Waals surface area contributed by atoms with E-state index in [-0.39, 0.29) is 12.0 Å². The molecule has 0 aliphatic carbocycles. The summed E-state index contributed by atoms with van der Waals surface area (Å²) in [6.45, 7) is 10.1. The van der Waals surface area contributed by atoms with Gasteiger partial charge in [0.1, 0.15) is 6.04 Å². The Balaban J connectivity index is 2.55. The van der Waals surface area contributed by atoms with E-state index < -0.39 is 0 Å². The monoisotopic (exact) mass is 271 g/mol. The van der Waals surface area contributed by atoms with Crippen LogP contribution in [0.3, 0.4) is 0 Å². The molecule has 5 heteroatoms. The van der Waals surface area contributed by atoms with Crippen LogP contribution in [0, 0.1) is 0 Å². The van der Waals surface area contributed by atoms with Crippen LogP contribution in [0.4, 0.5) is 0 Å². The normalized spacial score (nSPS) is 27.2. The van der Waals surface area contributed by atoms with Crippen LogP contribution in [0.1, 0.15) is 27.2 Å². The standard InChI is InChI=1S/C14H29N3O2/c1-6-7-15-13(14(18)19-5)10-17-8-11(2)16(4)12(3)9-17/h11-13,15H,6-10H2,1-5H3. The van der Waals surface area contributed by atoms with Crippen molar-refractivity contribution in [2.24, 2.45) is 0 Å². The molecule has 19 heavy (non-hydrogen) atoms. The van der Waals surface area contributed by atoms with Gasteiger partial charge in [-0.3, -0.25) is 14.6 Å². The fourth-order valence-electron chi connectivity index (χ4n) is 2.60. The Morgan fingerprint density at radius 2 is 1.95 bits per heavy atom. The summed E-state index contributed by atoms with van der Waals surface area (Å²) in [5, 5.41) is 3.28. The largest absolute Gasteiger partial charge is 0.468 e. The van der Waals surface area contributed by atoms with Crippen LogP contribution < -0.4 is 5.32 Å². The fraction of sp³-hybridized carbons (Fsp3) is 0.929. The Morgan fingerprint density at radius 1 is 1.37 bits per heavy atom. The highest BCUT2D eigenvalue weighted by molar-refractivity contribution is 5.75. The maximum absolute atomic E-state index is 11.8. The van der Waals surface area contributed by atoms with E-state index in [0.29, 0.717) is 12.1 Å². The van der Waals surface area contributed by atoms with Crippen molar-refractivity contribution < 1.29 is 9.53 Å². The molecule has 0 aromatic rings. The van der Waals surface area contributed by atoms with Gasteiger partial charge in [-0.1, -0.05) is 6.92 Å². The molecule has 1 saturated heterocycles. The van der Waals surface area contributed by atoms with Gasteiger partial charge in [-0.05, 0) is 33.9 Å². The highest BCUT2D eigenvalue weighted by Gasteiger charge is 2.29. The summed E-state index contributed by atoms with van der Waals surface area (Å²) in [4.78, 5) is 16.5. The van der Waals surface area contributed by atoms with E-state index >= 15 is 0 Å². The number of hydrogen-bond donors (Lipinski definition) is 1. The molecule has 1 heterocycles. The highest BCUT2D eigenvalue weighted by atomic mass is 16.5. The summed E-state index contributed by atoms with van der Waals surface area (Å²) < 4.78 is 4.89. The number of carbonyl (C=O) groups excluding carboxylic acids is 1. The molecule has 112 valence electrons. The first-order chi connectivity index (χ1) is 8.99. The van der Waals surface area contributed by atoms with E-state index in [0.717, 1.165) is 32.6 Å². The first-order valence-electron chi connectivity index (χ1n) is 7.25. The minimum absolute atomic E-state index is 0.160. The van der Waals surface area contributed by atoms with Crippen molar-refractivity contribution in [1.82, 2.24) is 15.1 Å². The Hall–Kier alpha value is -0.650. The number of nitrogens with one attached hydrogen (secondary N) is 1. The molecule has 1 fully saturated rings. The number of methoxy groups -OCH3 is 1. The molecular formula is C14H29N3O2. The number of esters is 1. The molecule has 3 unspecified atom stereocenters. The van der Waals surface area contributed by atoms with Crippen molar-refractivity contribution in [1.29, 1.82) is 0 Å². The molecule has 1 N–H and O–H groups in total. The van der Waals surface area contributed by atoms with Gasteiger partial charge in [0.15, 0.2) is 0 Å². The van der Waals surface area contributed by atoms with Crippen molar-refractivity contribution in [2.45, 2.75) is 45.3 Å². The lowest BCUT2D eigenvalue weighted by molar-refractivity contribution is -0.144. The lowest BCUT2D eigenvalue weighted by Crippen LogP contribution is -2.58. The zero-order chi connectivity index (χ0) is 14.4. The van der Waals surface area contributed by atoms with Crippen LogP contribution in [0.15, 0.2) is 0 Å². The summed E-state index contributed by atoms with van der Waals surface area (Å²) in [5.41, 5.74) is 0. The van der Waals surface area contributed by atoms with E-state index in [1.807, 2.05) is 0 Å². The lowest BCUT2D eigenvalue weighted by atomic mass is 10.1. The maximum Gasteiger partial charge on any atom is 0.324 e. The number of nitrogens with zero attached hydrogens (tertiary/aromatic N) is 2. The molecule has 3 atom stereocenters. The maximum atomic E-state index is 11.8. The van der Waals surface area contributed by atoms with E-state index in [1.165, 1.54) is 7.11 Å². The van der Waals surface area contributed by atoms with Crippen molar-refractivity contribution in [3.05, 3.63) is 0 Å². The van der Waals surface area contributed by atoms with Crippen LogP contribution in [0.5, 0.6) is 0 Å². The first kappa shape index (κ1) is 16.4.